The van der Waals surface area contributed by atoms with Crippen molar-refractivity contribution in [3.05, 3.63) is 199 Å². The Kier molecular flexibility index (Phi) is 7.31. The van der Waals surface area contributed by atoms with Crippen LogP contribution in [0.3, 0.4) is 0 Å². The van der Waals surface area contributed by atoms with E-state index < -0.39 is 0 Å². The Bertz CT molecular complexity index is 3070. The van der Waals surface area contributed by atoms with Crippen molar-refractivity contribution >= 4 is 66.9 Å². The number of hydrogen-bond acceptors (Lipinski definition) is 2. The Morgan fingerprint density at radius 2 is 1.09 bits per heavy atom. The lowest BCUT2D eigenvalue weighted by atomic mass is 9.95. The number of hydrogen-bond donors (Lipinski definition) is 0. The third-order valence-corrected chi connectivity index (χ3v) is 11.2. The summed E-state index contributed by atoms with van der Waals surface area (Å²) in [6.07, 6.45) is 6.78. The first-order chi connectivity index (χ1) is 27.2. The molecule has 0 fully saturated rings. The molecule has 0 saturated heterocycles. The molecule has 0 bridgehead atoms. The fourth-order valence-electron chi connectivity index (χ4n) is 8.54. The summed E-state index contributed by atoms with van der Waals surface area (Å²) in [4.78, 5) is 2.31. The normalized spacial score (nSPS) is 12.5. The zero-order valence-corrected chi connectivity index (χ0v) is 30.2. The minimum atomic E-state index is 0.875. The minimum Gasteiger partial charge on any atom is -0.456 e. The summed E-state index contributed by atoms with van der Waals surface area (Å²) in [6.45, 7) is 0. The van der Waals surface area contributed by atoms with E-state index in [0.29, 0.717) is 0 Å². The first-order valence-corrected chi connectivity index (χ1v) is 19.1. The molecule has 0 saturated carbocycles. The quantitative estimate of drug-likeness (QED) is 0.172. The van der Waals surface area contributed by atoms with E-state index in [1.807, 2.05) is 12.1 Å². The molecule has 2 aromatic heterocycles. The topological polar surface area (TPSA) is 21.3 Å². The number of benzene rings is 8. The molecular weight excluding hydrogens is 669 g/mol. The lowest BCUT2D eigenvalue weighted by Gasteiger charge is -2.26. The third kappa shape index (κ3) is 5.35. The predicted molar refractivity (Wildman–Crippen MR) is 231 cm³/mol. The van der Waals surface area contributed by atoms with Crippen molar-refractivity contribution in [1.82, 2.24) is 4.57 Å². The number of rotatable bonds is 6. The van der Waals surface area contributed by atoms with Crippen LogP contribution in [0.4, 0.5) is 17.1 Å². The Morgan fingerprint density at radius 1 is 0.436 bits per heavy atom. The highest BCUT2D eigenvalue weighted by atomic mass is 16.3. The number of para-hydroxylation sites is 2. The molecule has 0 unspecified atom stereocenters. The van der Waals surface area contributed by atoms with E-state index in [-0.39, 0.29) is 0 Å². The first-order valence-electron chi connectivity index (χ1n) is 19.1. The van der Waals surface area contributed by atoms with Crippen molar-refractivity contribution in [2.24, 2.45) is 0 Å². The summed E-state index contributed by atoms with van der Waals surface area (Å²) in [5.41, 5.74) is 16.1. The predicted octanol–water partition coefficient (Wildman–Crippen LogP) is 14.4. The van der Waals surface area contributed by atoms with Crippen molar-refractivity contribution in [2.75, 3.05) is 4.90 Å². The summed E-state index contributed by atoms with van der Waals surface area (Å²) in [6, 6.07) is 65.7. The second kappa shape index (κ2) is 12.8. The van der Waals surface area contributed by atoms with Gasteiger partial charge in [0.2, 0.25) is 0 Å². The van der Waals surface area contributed by atoms with Gasteiger partial charge in [-0.3, -0.25) is 0 Å². The van der Waals surface area contributed by atoms with Gasteiger partial charge in [0.05, 0.1) is 11.0 Å². The number of fused-ring (bicyclic) bond motifs is 7. The van der Waals surface area contributed by atoms with Crippen LogP contribution in [0.25, 0.3) is 77.8 Å². The summed E-state index contributed by atoms with van der Waals surface area (Å²) < 4.78 is 8.79. The van der Waals surface area contributed by atoms with Crippen LogP contribution in [-0.4, -0.2) is 4.57 Å². The highest BCUT2D eigenvalue weighted by Gasteiger charge is 2.18. The molecule has 0 spiro atoms. The maximum Gasteiger partial charge on any atom is 0.137 e. The maximum atomic E-state index is 6.36. The van der Waals surface area contributed by atoms with E-state index >= 15 is 0 Å². The van der Waals surface area contributed by atoms with Crippen molar-refractivity contribution in [1.29, 1.82) is 0 Å². The highest BCUT2D eigenvalue weighted by Crippen LogP contribution is 2.41. The minimum absolute atomic E-state index is 0.875. The molecule has 0 radical (unpaired) electrons. The molecular formula is C52H36N2O. The van der Waals surface area contributed by atoms with E-state index in [0.717, 1.165) is 57.5 Å². The summed E-state index contributed by atoms with van der Waals surface area (Å²) in [5.74, 6) is 0. The van der Waals surface area contributed by atoms with Gasteiger partial charge in [-0.05, 0) is 119 Å². The zero-order chi connectivity index (χ0) is 36.3. The Morgan fingerprint density at radius 3 is 1.91 bits per heavy atom. The average molecular weight is 705 g/mol. The summed E-state index contributed by atoms with van der Waals surface area (Å²) in [7, 11) is 0. The Hall–Kier alpha value is -7.10. The lowest BCUT2D eigenvalue weighted by Crippen LogP contribution is -2.09. The van der Waals surface area contributed by atoms with E-state index in [1.165, 1.54) is 55.2 Å². The third-order valence-electron chi connectivity index (χ3n) is 11.2. The van der Waals surface area contributed by atoms with Gasteiger partial charge in [0, 0.05) is 50.4 Å². The molecule has 1 aliphatic rings. The van der Waals surface area contributed by atoms with Gasteiger partial charge in [0.25, 0.3) is 0 Å². The Balaban J connectivity index is 0.998. The Labute approximate surface area is 319 Å². The van der Waals surface area contributed by atoms with Gasteiger partial charge in [-0.1, -0.05) is 115 Å². The van der Waals surface area contributed by atoms with E-state index in [2.05, 4.69) is 191 Å². The van der Waals surface area contributed by atoms with Gasteiger partial charge in [0.1, 0.15) is 11.2 Å². The van der Waals surface area contributed by atoms with Gasteiger partial charge in [0.15, 0.2) is 0 Å². The fraction of sp³-hybridized carbons (Fsp3) is 0.0385. The molecule has 0 amide bonds. The number of furan rings is 1. The molecule has 11 rings (SSSR count). The van der Waals surface area contributed by atoms with Crippen LogP contribution in [0.1, 0.15) is 17.5 Å². The molecule has 3 heteroatoms. The van der Waals surface area contributed by atoms with E-state index in [9.17, 15) is 0 Å². The highest BCUT2D eigenvalue weighted by molar-refractivity contribution is 6.10. The molecule has 10 aromatic rings. The van der Waals surface area contributed by atoms with Crippen molar-refractivity contribution < 1.29 is 4.42 Å². The zero-order valence-electron chi connectivity index (χ0n) is 30.2. The van der Waals surface area contributed by atoms with Crippen LogP contribution in [0.2, 0.25) is 0 Å². The number of aromatic nitrogens is 1. The molecule has 1 aliphatic carbocycles. The van der Waals surface area contributed by atoms with Gasteiger partial charge in [-0.15, -0.1) is 0 Å². The van der Waals surface area contributed by atoms with Crippen molar-refractivity contribution in [2.45, 2.75) is 12.8 Å². The SMILES string of the molecule is C1=Cc2cc3c(cc2CC1)c1ccccc1n3-c1cccc(-c2ccc(N(c3ccc(-c4ccccc4)cc3)c3ccc4c(c3)oc3ccccc34)cc2)c1. The molecule has 2 heterocycles. The smallest absolute Gasteiger partial charge is 0.137 e. The largest absolute Gasteiger partial charge is 0.456 e. The van der Waals surface area contributed by atoms with Crippen LogP contribution >= 0.6 is 0 Å². The van der Waals surface area contributed by atoms with Crippen LogP contribution < -0.4 is 4.90 Å². The summed E-state index contributed by atoms with van der Waals surface area (Å²) >= 11 is 0. The van der Waals surface area contributed by atoms with E-state index in [1.54, 1.807) is 0 Å². The van der Waals surface area contributed by atoms with E-state index in [4.69, 9.17) is 4.42 Å². The lowest BCUT2D eigenvalue weighted by molar-refractivity contribution is 0.669. The fourth-order valence-corrected chi connectivity index (χ4v) is 8.54. The summed E-state index contributed by atoms with van der Waals surface area (Å²) in [5, 5.41) is 4.86. The van der Waals surface area contributed by atoms with Crippen LogP contribution in [-0.2, 0) is 6.42 Å². The molecule has 8 aromatic carbocycles. The molecule has 3 nitrogen and oxygen atoms in total. The second-order valence-electron chi connectivity index (χ2n) is 14.5. The van der Waals surface area contributed by atoms with Crippen LogP contribution in [0, 0.1) is 0 Å². The van der Waals surface area contributed by atoms with Crippen LogP contribution in [0.5, 0.6) is 0 Å². The number of allylic oxidation sites excluding steroid dienone is 1. The number of anilines is 3. The molecule has 260 valence electrons. The molecule has 0 aliphatic heterocycles. The number of nitrogens with zero attached hydrogens (tertiary/aromatic N) is 2. The molecule has 0 atom stereocenters. The molecule has 55 heavy (non-hydrogen) atoms. The van der Waals surface area contributed by atoms with Crippen molar-refractivity contribution in [3.63, 3.8) is 0 Å². The molecule has 0 N–H and O–H groups in total. The van der Waals surface area contributed by atoms with Gasteiger partial charge >= 0.3 is 0 Å². The standard InChI is InChI=1S/C52H36N2O/c1-2-11-35(12-3-1)36-21-25-41(26-22-36)53(44-29-30-47-46-18-7-9-20-51(46)55-52(47)34-44)42-27-23-37(24-28-42)38-15-10-16-43(31-38)54-49-19-8-6-17-45(49)48-32-39-13-4-5-14-40(39)33-50(48)54/h1-3,5-12,14-34H,4,13H2. The maximum absolute atomic E-state index is 6.36. The van der Waals surface area contributed by atoms with Crippen molar-refractivity contribution in [3.8, 4) is 27.9 Å². The van der Waals surface area contributed by atoms with Gasteiger partial charge in [-0.2, -0.15) is 0 Å². The monoisotopic (exact) mass is 704 g/mol. The van der Waals surface area contributed by atoms with Gasteiger partial charge in [-0.25, -0.2) is 0 Å². The first kappa shape index (κ1) is 31.4. The number of aryl methyl sites for hydroxylation is 1. The van der Waals surface area contributed by atoms with Crippen LogP contribution in [0.15, 0.2) is 192 Å². The second-order valence-corrected chi connectivity index (χ2v) is 14.5. The van der Waals surface area contributed by atoms with Gasteiger partial charge < -0.3 is 13.9 Å². The average Bonchev–Trinajstić information content (AvgIpc) is 3.79.